The van der Waals surface area contributed by atoms with Gasteiger partial charge in [0.1, 0.15) is 11.6 Å². The van der Waals surface area contributed by atoms with Crippen molar-refractivity contribution in [3.05, 3.63) is 76.1 Å². The summed E-state index contributed by atoms with van der Waals surface area (Å²) in [5.74, 6) is -3.18. The third kappa shape index (κ3) is 5.53. The van der Waals surface area contributed by atoms with Gasteiger partial charge in [0.25, 0.3) is 11.8 Å². The molecule has 10 nitrogen and oxygen atoms in total. The van der Waals surface area contributed by atoms with Gasteiger partial charge in [-0.25, -0.2) is 8.78 Å². The van der Waals surface area contributed by atoms with E-state index in [2.05, 4.69) is 26.3 Å². The average Bonchev–Trinajstić information content (AvgIpc) is 3.32. The van der Waals surface area contributed by atoms with E-state index < -0.39 is 48.4 Å². The molecule has 0 atom stereocenters. The summed E-state index contributed by atoms with van der Waals surface area (Å²) in [5, 5.41) is 9.98. The largest absolute Gasteiger partial charge is 0.397 e. The molecule has 0 fully saturated rings. The van der Waals surface area contributed by atoms with E-state index in [0.717, 1.165) is 12.1 Å². The van der Waals surface area contributed by atoms with E-state index in [9.17, 15) is 28.0 Å². The first-order valence-electron chi connectivity index (χ1n) is 11.5. The number of carbonyl (C=O) groups excluding carboxylic acids is 4. The van der Waals surface area contributed by atoms with Crippen molar-refractivity contribution in [3.8, 4) is 0 Å². The molecule has 2 heterocycles. The zero-order valence-corrected chi connectivity index (χ0v) is 20.4. The third-order valence-corrected chi connectivity index (χ3v) is 5.90. The van der Waals surface area contributed by atoms with Crippen LogP contribution in [0.5, 0.6) is 0 Å². The fourth-order valence-corrected chi connectivity index (χ4v) is 4.04. The molecular formula is C26H24F2N6O4. The number of halogens is 2. The lowest BCUT2D eigenvalue weighted by Gasteiger charge is -2.10. The van der Waals surface area contributed by atoms with Gasteiger partial charge in [-0.2, -0.15) is 0 Å². The molecule has 2 aromatic carbocycles. The number of hydrogen-bond donors (Lipinski definition) is 6. The van der Waals surface area contributed by atoms with E-state index in [0.29, 0.717) is 28.2 Å². The van der Waals surface area contributed by atoms with Crippen LogP contribution in [-0.4, -0.2) is 41.7 Å². The number of aryl methyl sites for hydroxylation is 1. The van der Waals surface area contributed by atoms with Gasteiger partial charge >= 0.3 is 0 Å². The second kappa shape index (κ2) is 10.5. The van der Waals surface area contributed by atoms with Crippen molar-refractivity contribution in [2.45, 2.75) is 13.8 Å². The highest BCUT2D eigenvalue weighted by atomic mass is 19.1. The number of nitrogens with two attached hydrogens (primary N) is 1. The summed E-state index contributed by atoms with van der Waals surface area (Å²) in [6, 6.07) is 7.46. The van der Waals surface area contributed by atoms with Crippen LogP contribution in [0.1, 0.15) is 32.9 Å². The molecule has 0 aliphatic carbocycles. The van der Waals surface area contributed by atoms with Gasteiger partial charge in [-0.1, -0.05) is 0 Å². The van der Waals surface area contributed by atoms with Gasteiger partial charge in [0.2, 0.25) is 11.8 Å². The first-order chi connectivity index (χ1) is 18.0. The lowest BCUT2D eigenvalue weighted by Crippen LogP contribution is -2.40. The Kier molecular flexibility index (Phi) is 7.24. The summed E-state index contributed by atoms with van der Waals surface area (Å²) in [6.45, 7) is 2.55. The molecule has 0 spiro atoms. The summed E-state index contributed by atoms with van der Waals surface area (Å²) in [4.78, 5) is 52.5. The number of rotatable bonds is 7. The number of aromatic amines is 1. The molecule has 0 unspecified atom stereocenters. The summed E-state index contributed by atoms with van der Waals surface area (Å²) in [7, 11) is 0. The van der Waals surface area contributed by atoms with E-state index in [1.807, 2.05) is 0 Å². The minimum absolute atomic E-state index is 0.0362. The quantitative estimate of drug-likeness (QED) is 0.208. The molecule has 1 aliphatic rings. The van der Waals surface area contributed by atoms with E-state index in [1.54, 1.807) is 19.9 Å². The van der Waals surface area contributed by atoms with Crippen LogP contribution >= 0.6 is 0 Å². The number of nitrogens with one attached hydrogen (secondary N) is 5. The van der Waals surface area contributed by atoms with Gasteiger partial charge in [0, 0.05) is 22.6 Å². The predicted molar refractivity (Wildman–Crippen MR) is 138 cm³/mol. The normalized spacial score (nSPS) is 13.2. The molecule has 0 saturated carbocycles. The van der Waals surface area contributed by atoms with E-state index in [-0.39, 0.29) is 22.5 Å². The van der Waals surface area contributed by atoms with Crippen LogP contribution in [0.4, 0.5) is 25.8 Å². The maximum Gasteiger partial charge on any atom is 0.256 e. The van der Waals surface area contributed by atoms with Crippen LogP contribution < -0.4 is 27.0 Å². The smallest absolute Gasteiger partial charge is 0.256 e. The van der Waals surface area contributed by atoms with Crippen molar-refractivity contribution in [1.29, 1.82) is 0 Å². The lowest BCUT2D eigenvalue weighted by molar-refractivity contribution is -0.123. The van der Waals surface area contributed by atoms with Gasteiger partial charge in [0.05, 0.1) is 35.6 Å². The van der Waals surface area contributed by atoms with Gasteiger partial charge in [-0.05, 0) is 61.9 Å². The fourth-order valence-electron chi connectivity index (χ4n) is 4.04. The molecule has 4 amide bonds. The maximum absolute atomic E-state index is 13.7. The number of hydrogen-bond acceptors (Lipinski definition) is 5. The first-order valence-corrected chi connectivity index (χ1v) is 11.5. The summed E-state index contributed by atoms with van der Waals surface area (Å²) < 4.78 is 26.9. The Morgan fingerprint density at radius 3 is 2.39 bits per heavy atom. The minimum atomic E-state index is -0.616. The Balaban J connectivity index is 1.36. The monoisotopic (exact) mass is 522 g/mol. The number of carbonyl (C=O) groups is 4. The summed E-state index contributed by atoms with van der Waals surface area (Å²) >= 11 is 0. The number of anilines is 3. The van der Waals surface area contributed by atoms with Crippen molar-refractivity contribution in [2.75, 3.05) is 29.5 Å². The standard InChI is InChI=1S/C26H24F2N6O4/c1-12-21(9-17-16-7-14(27)3-5-19(16)34-25(17)37)32-13(2)24(12)26(38)31-10-22(35)30-11-23(36)33-20-6-4-15(28)8-18(20)29/h3-9,32H,10-11,29H2,1-2H3,(H,30,35)(H,31,38)(H,33,36)(H,34,37)/b17-9-. The molecule has 4 rings (SSSR count). The molecule has 7 N–H and O–H groups in total. The Morgan fingerprint density at radius 1 is 0.974 bits per heavy atom. The molecule has 1 aliphatic heterocycles. The van der Waals surface area contributed by atoms with E-state index in [4.69, 9.17) is 5.73 Å². The minimum Gasteiger partial charge on any atom is -0.397 e. The van der Waals surface area contributed by atoms with Crippen LogP contribution in [-0.2, 0) is 14.4 Å². The lowest BCUT2D eigenvalue weighted by atomic mass is 10.0. The van der Waals surface area contributed by atoms with E-state index in [1.165, 1.54) is 24.3 Å². The average molecular weight is 523 g/mol. The third-order valence-electron chi connectivity index (χ3n) is 5.90. The Bertz CT molecular complexity index is 1510. The van der Waals surface area contributed by atoms with Gasteiger partial charge in [0.15, 0.2) is 0 Å². The predicted octanol–water partition coefficient (Wildman–Crippen LogP) is 2.47. The second-order valence-electron chi connectivity index (χ2n) is 8.60. The van der Waals surface area contributed by atoms with Gasteiger partial charge < -0.3 is 32.0 Å². The van der Waals surface area contributed by atoms with Crippen molar-refractivity contribution < 1.29 is 28.0 Å². The molecule has 196 valence electrons. The molecule has 0 radical (unpaired) electrons. The SMILES string of the molecule is Cc1[nH]c(/C=C2\C(=O)Nc3ccc(F)cc32)c(C)c1C(=O)NCC(=O)NCC(=O)Nc1ccc(F)cc1N. The first kappa shape index (κ1) is 26.1. The molecule has 38 heavy (non-hydrogen) atoms. The highest BCUT2D eigenvalue weighted by molar-refractivity contribution is 6.35. The Hall–Kier alpha value is -5.00. The van der Waals surface area contributed by atoms with Crippen LogP contribution in [0, 0.1) is 25.5 Å². The van der Waals surface area contributed by atoms with Gasteiger partial charge in [-0.3, -0.25) is 19.2 Å². The van der Waals surface area contributed by atoms with Gasteiger partial charge in [-0.15, -0.1) is 0 Å². The number of aromatic nitrogens is 1. The number of nitrogen functional groups attached to an aromatic ring is 1. The molecule has 1 aromatic heterocycles. The molecular weight excluding hydrogens is 498 g/mol. The Labute approximate surface area is 215 Å². The zero-order chi connectivity index (χ0) is 27.6. The van der Waals surface area contributed by atoms with Crippen LogP contribution in [0.15, 0.2) is 36.4 Å². The van der Waals surface area contributed by atoms with Crippen molar-refractivity contribution >= 4 is 52.3 Å². The van der Waals surface area contributed by atoms with Crippen molar-refractivity contribution in [2.24, 2.45) is 0 Å². The fraction of sp³-hybridized carbons (Fsp3) is 0.154. The molecule has 12 heteroatoms. The molecule has 0 saturated heterocycles. The number of fused-ring (bicyclic) bond motifs is 1. The number of H-pyrrole nitrogens is 1. The van der Waals surface area contributed by atoms with Crippen molar-refractivity contribution in [1.82, 2.24) is 15.6 Å². The summed E-state index contributed by atoms with van der Waals surface area (Å²) in [6.07, 6.45) is 1.54. The number of amides is 4. The maximum atomic E-state index is 13.7. The zero-order valence-electron chi connectivity index (χ0n) is 20.4. The molecule has 3 aromatic rings. The highest BCUT2D eigenvalue weighted by Crippen LogP contribution is 2.34. The topological polar surface area (TPSA) is 158 Å². The van der Waals surface area contributed by atoms with E-state index >= 15 is 0 Å². The summed E-state index contributed by atoms with van der Waals surface area (Å²) in [5.41, 5.74) is 8.82. The number of benzene rings is 2. The van der Waals surface area contributed by atoms with Crippen LogP contribution in [0.2, 0.25) is 0 Å². The van der Waals surface area contributed by atoms with Crippen LogP contribution in [0.3, 0.4) is 0 Å². The van der Waals surface area contributed by atoms with Crippen molar-refractivity contribution in [3.63, 3.8) is 0 Å². The second-order valence-corrected chi connectivity index (χ2v) is 8.60. The molecule has 0 bridgehead atoms. The Morgan fingerprint density at radius 2 is 1.66 bits per heavy atom. The van der Waals surface area contributed by atoms with Crippen LogP contribution in [0.25, 0.3) is 11.6 Å². The highest BCUT2D eigenvalue weighted by Gasteiger charge is 2.26.